The fraction of sp³-hybridized carbons (Fsp3) is 0.364. The van der Waals surface area contributed by atoms with E-state index < -0.39 is 0 Å². The average molecular weight is 267 g/mol. The molecule has 1 amide bonds. The van der Waals surface area contributed by atoms with E-state index >= 15 is 0 Å². The quantitative estimate of drug-likeness (QED) is 0.893. The zero-order valence-electron chi connectivity index (χ0n) is 10.1. The van der Waals surface area contributed by atoms with Crippen molar-refractivity contribution in [1.29, 1.82) is 0 Å². The number of nitrogens with one attached hydrogen (secondary N) is 1. The number of hydrogen-bond donors (Lipinski definition) is 1. The number of ether oxygens (including phenoxy) is 1. The highest BCUT2D eigenvalue weighted by Gasteiger charge is 2.19. The van der Waals surface area contributed by atoms with Crippen LogP contribution in [-0.2, 0) is 6.54 Å². The summed E-state index contributed by atoms with van der Waals surface area (Å²) in [6.45, 7) is 4.27. The molecule has 0 aromatic carbocycles. The molecule has 0 aliphatic heterocycles. The van der Waals surface area contributed by atoms with Gasteiger partial charge in [0.15, 0.2) is 5.89 Å². The molecule has 0 fully saturated rings. The van der Waals surface area contributed by atoms with Crippen molar-refractivity contribution in [2.24, 2.45) is 0 Å². The number of carbonyl (C=O) groups is 1. The van der Waals surface area contributed by atoms with Crippen LogP contribution in [0.3, 0.4) is 0 Å². The normalized spacial score (nSPS) is 10.3. The van der Waals surface area contributed by atoms with E-state index in [1.807, 2.05) is 12.3 Å². The molecule has 0 aliphatic rings. The Bertz CT molecular complexity index is 522. The van der Waals surface area contributed by atoms with Gasteiger partial charge in [0.25, 0.3) is 5.91 Å². The number of carbonyl (C=O) groups excluding carboxylic acids is 1. The van der Waals surface area contributed by atoms with Crippen LogP contribution in [0.1, 0.15) is 28.3 Å². The summed E-state index contributed by atoms with van der Waals surface area (Å²) in [5, 5.41) is 5.41. The lowest BCUT2D eigenvalue weighted by molar-refractivity contribution is 0.0939. The van der Waals surface area contributed by atoms with Crippen molar-refractivity contribution in [3.8, 4) is 5.95 Å². The van der Waals surface area contributed by atoms with Crippen molar-refractivity contribution >= 4 is 17.2 Å². The van der Waals surface area contributed by atoms with E-state index in [1.54, 1.807) is 13.1 Å². The van der Waals surface area contributed by atoms with Crippen molar-refractivity contribution in [2.75, 3.05) is 6.61 Å². The Balaban J connectivity index is 2.03. The van der Waals surface area contributed by atoms with Crippen molar-refractivity contribution in [3.63, 3.8) is 0 Å². The second kappa shape index (κ2) is 5.63. The van der Waals surface area contributed by atoms with Gasteiger partial charge in [0, 0.05) is 18.5 Å². The number of rotatable bonds is 5. The molecule has 2 heterocycles. The molecule has 2 rings (SSSR count). The lowest BCUT2D eigenvalue weighted by Crippen LogP contribution is -2.23. The zero-order valence-corrected chi connectivity index (χ0v) is 10.9. The predicted molar refractivity (Wildman–Crippen MR) is 65.7 cm³/mol. The summed E-state index contributed by atoms with van der Waals surface area (Å²) in [6.07, 6.45) is 1.69. The lowest BCUT2D eigenvalue weighted by Gasteiger charge is -2.02. The minimum atomic E-state index is -0.328. The van der Waals surface area contributed by atoms with Gasteiger partial charge in [-0.05, 0) is 6.92 Å². The molecule has 6 nitrogen and oxygen atoms in total. The van der Waals surface area contributed by atoms with Crippen LogP contribution in [0.15, 0.2) is 16.0 Å². The third-order valence-corrected chi connectivity index (χ3v) is 2.86. The van der Waals surface area contributed by atoms with Crippen molar-refractivity contribution < 1.29 is 13.9 Å². The Kier molecular flexibility index (Phi) is 3.93. The molecule has 0 bridgehead atoms. The summed E-state index contributed by atoms with van der Waals surface area (Å²) < 4.78 is 10.4. The van der Waals surface area contributed by atoms with E-state index in [1.165, 1.54) is 11.3 Å². The number of nitrogens with zero attached hydrogens (tertiary/aromatic N) is 2. The van der Waals surface area contributed by atoms with E-state index in [4.69, 9.17) is 9.15 Å². The smallest absolute Gasteiger partial charge is 0.318 e. The van der Waals surface area contributed by atoms with Gasteiger partial charge >= 0.3 is 5.95 Å². The molecule has 2 aromatic rings. The zero-order chi connectivity index (χ0) is 13.0. The number of aromatic nitrogens is 2. The molecule has 0 atom stereocenters. The van der Waals surface area contributed by atoms with E-state index in [9.17, 15) is 4.79 Å². The standard InChI is InChI=1S/C11H13N3O3S/c1-3-16-11-9(14-7(2)17-11)10(15)13-6-8-12-4-5-18-8/h4-5H,3,6H2,1-2H3,(H,13,15). The molecular formula is C11H13N3O3S. The van der Waals surface area contributed by atoms with Crippen LogP contribution in [-0.4, -0.2) is 22.5 Å². The Labute approximate surface area is 108 Å². The minimum absolute atomic E-state index is 0.159. The molecule has 0 saturated carbocycles. The van der Waals surface area contributed by atoms with Crippen molar-refractivity contribution in [1.82, 2.24) is 15.3 Å². The maximum absolute atomic E-state index is 11.9. The summed E-state index contributed by atoms with van der Waals surface area (Å²) in [5.74, 6) is 0.231. The van der Waals surface area contributed by atoms with Crippen LogP contribution in [0.4, 0.5) is 0 Å². The summed E-state index contributed by atoms with van der Waals surface area (Å²) in [6, 6.07) is 0. The largest absolute Gasteiger partial charge is 0.464 e. The average Bonchev–Trinajstić information content (AvgIpc) is 2.96. The Morgan fingerprint density at radius 1 is 1.61 bits per heavy atom. The van der Waals surface area contributed by atoms with Gasteiger partial charge in [0.05, 0.1) is 13.2 Å². The first-order chi connectivity index (χ1) is 8.70. The highest BCUT2D eigenvalue weighted by Crippen LogP contribution is 2.19. The molecule has 0 aliphatic carbocycles. The van der Waals surface area contributed by atoms with Crippen LogP contribution in [0, 0.1) is 6.92 Å². The second-order valence-corrected chi connectivity index (χ2v) is 4.39. The number of hydrogen-bond acceptors (Lipinski definition) is 6. The van der Waals surface area contributed by atoms with Crippen LogP contribution in [0.5, 0.6) is 5.95 Å². The number of oxazole rings is 1. The van der Waals surface area contributed by atoms with Crippen LogP contribution in [0.2, 0.25) is 0 Å². The Morgan fingerprint density at radius 3 is 3.11 bits per heavy atom. The van der Waals surface area contributed by atoms with Gasteiger partial charge in [-0.1, -0.05) is 0 Å². The van der Waals surface area contributed by atoms with Gasteiger partial charge in [-0.15, -0.1) is 11.3 Å². The summed E-state index contributed by atoms with van der Waals surface area (Å²) in [4.78, 5) is 20.0. The van der Waals surface area contributed by atoms with Gasteiger partial charge in [-0.25, -0.2) is 9.97 Å². The molecule has 0 spiro atoms. The molecule has 2 aromatic heterocycles. The fourth-order valence-electron chi connectivity index (χ4n) is 1.36. The molecule has 96 valence electrons. The van der Waals surface area contributed by atoms with E-state index in [0.29, 0.717) is 19.0 Å². The molecule has 18 heavy (non-hydrogen) atoms. The molecule has 7 heteroatoms. The van der Waals surface area contributed by atoms with Crippen LogP contribution in [0.25, 0.3) is 0 Å². The molecule has 0 saturated heterocycles. The number of amides is 1. The summed E-state index contributed by atoms with van der Waals surface area (Å²) in [5.41, 5.74) is 0.172. The molecule has 1 N–H and O–H groups in total. The van der Waals surface area contributed by atoms with Crippen molar-refractivity contribution in [2.45, 2.75) is 20.4 Å². The predicted octanol–water partition coefficient (Wildman–Crippen LogP) is 1.77. The maximum Gasteiger partial charge on any atom is 0.318 e. The van der Waals surface area contributed by atoms with Crippen molar-refractivity contribution in [3.05, 3.63) is 28.2 Å². The first-order valence-electron chi connectivity index (χ1n) is 5.47. The minimum Gasteiger partial charge on any atom is -0.464 e. The summed E-state index contributed by atoms with van der Waals surface area (Å²) in [7, 11) is 0. The number of thiazole rings is 1. The third kappa shape index (κ3) is 2.86. The van der Waals surface area contributed by atoms with E-state index in [2.05, 4.69) is 15.3 Å². The van der Waals surface area contributed by atoms with Gasteiger partial charge in [-0.3, -0.25) is 4.79 Å². The number of aryl methyl sites for hydroxylation is 1. The fourth-order valence-corrected chi connectivity index (χ4v) is 1.92. The van der Waals surface area contributed by atoms with Gasteiger partial charge in [0.2, 0.25) is 5.69 Å². The highest BCUT2D eigenvalue weighted by atomic mass is 32.1. The summed E-state index contributed by atoms with van der Waals surface area (Å²) >= 11 is 1.48. The van der Waals surface area contributed by atoms with E-state index in [-0.39, 0.29) is 17.5 Å². The van der Waals surface area contributed by atoms with Gasteiger partial charge < -0.3 is 14.5 Å². The Morgan fingerprint density at radius 2 is 2.44 bits per heavy atom. The third-order valence-electron chi connectivity index (χ3n) is 2.08. The monoisotopic (exact) mass is 267 g/mol. The van der Waals surface area contributed by atoms with Crippen LogP contribution >= 0.6 is 11.3 Å². The van der Waals surface area contributed by atoms with Gasteiger partial charge in [-0.2, -0.15) is 0 Å². The van der Waals surface area contributed by atoms with E-state index in [0.717, 1.165) is 5.01 Å². The highest BCUT2D eigenvalue weighted by molar-refractivity contribution is 7.09. The molecular weight excluding hydrogens is 254 g/mol. The Hall–Kier alpha value is -1.89. The first kappa shape index (κ1) is 12.6. The second-order valence-electron chi connectivity index (χ2n) is 3.41. The lowest BCUT2D eigenvalue weighted by atomic mass is 10.4. The topological polar surface area (TPSA) is 77.2 Å². The molecule has 0 radical (unpaired) electrons. The van der Waals surface area contributed by atoms with Crippen LogP contribution < -0.4 is 10.1 Å². The maximum atomic E-state index is 11.9. The molecule has 0 unspecified atom stereocenters. The van der Waals surface area contributed by atoms with Gasteiger partial charge in [0.1, 0.15) is 5.01 Å². The first-order valence-corrected chi connectivity index (χ1v) is 6.35. The SMILES string of the molecule is CCOc1oc(C)nc1C(=O)NCc1nccs1.